The van der Waals surface area contributed by atoms with Gasteiger partial charge in [-0.2, -0.15) is 0 Å². The van der Waals surface area contributed by atoms with E-state index < -0.39 is 0 Å². The molecule has 0 aromatic rings. The molecule has 0 aromatic heterocycles. The summed E-state index contributed by atoms with van der Waals surface area (Å²) in [6, 6.07) is 0. The predicted molar refractivity (Wildman–Crippen MR) is 63.9 cm³/mol. The van der Waals surface area contributed by atoms with E-state index >= 15 is 0 Å². The summed E-state index contributed by atoms with van der Waals surface area (Å²) in [7, 11) is 1.63. The molecule has 0 aliphatic carbocycles. The van der Waals surface area contributed by atoms with Crippen LogP contribution in [-0.4, -0.2) is 52.7 Å². The molecule has 17 heavy (non-hydrogen) atoms. The van der Waals surface area contributed by atoms with Crippen LogP contribution < -0.4 is 0 Å². The monoisotopic (exact) mass is 248 g/mol. The Balaban J connectivity index is 3.14. The van der Waals surface area contributed by atoms with Crippen molar-refractivity contribution in [3.05, 3.63) is 0 Å². The van der Waals surface area contributed by atoms with E-state index in [0.29, 0.717) is 52.0 Å². The van der Waals surface area contributed by atoms with Crippen LogP contribution in [0.25, 0.3) is 0 Å². The fourth-order valence-corrected chi connectivity index (χ4v) is 0.952. The van der Waals surface area contributed by atoms with Gasteiger partial charge in [-0.3, -0.25) is 4.79 Å². The van der Waals surface area contributed by atoms with Crippen molar-refractivity contribution < 1.29 is 23.7 Å². The molecule has 0 aliphatic heterocycles. The third-order valence-electron chi connectivity index (χ3n) is 1.83. The lowest BCUT2D eigenvalue weighted by molar-refractivity contribution is -0.146. The first-order valence-electron chi connectivity index (χ1n) is 5.97. The van der Waals surface area contributed by atoms with Crippen LogP contribution in [0.15, 0.2) is 0 Å². The smallest absolute Gasteiger partial charge is 0.308 e. The van der Waals surface area contributed by atoms with Crippen LogP contribution in [0.1, 0.15) is 20.3 Å². The van der Waals surface area contributed by atoms with Crippen LogP contribution >= 0.6 is 0 Å². The van der Waals surface area contributed by atoms with Crippen molar-refractivity contribution in [1.82, 2.24) is 0 Å². The summed E-state index contributed by atoms with van der Waals surface area (Å²) >= 11 is 0. The highest BCUT2D eigenvalue weighted by molar-refractivity contribution is 5.69. The van der Waals surface area contributed by atoms with E-state index in [-0.39, 0.29) is 5.97 Å². The van der Waals surface area contributed by atoms with Gasteiger partial charge in [0.25, 0.3) is 0 Å². The zero-order valence-corrected chi connectivity index (χ0v) is 11.1. The summed E-state index contributed by atoms with van der Waals surface area (Å²) in [5, 5.41) is 0. The summed E-state index contributed by atoms with van der Waals surface area (Å²) in [6.07, 6.45) is 0.296. The van der Waals surface area contributed by atoms with Crippen LogP contribution in [0, 0.1) is 5.92 Å². The van der Waals surface area contributed by atoms with E-state index in [1.165, 1.54) is 0 Å². The number of rotatable bonds is 11. The Morgan fingerprint density at radius 3 is 2.18 bits per heavy atom. The molecule has 0 saturated carbocycles. The standard InChI is InChI=1S/C12H24O5/c1-11(2)10-17-12(13)4-5-15-8-9-16-7-6-14-3/h11H,4-10H2,1-3H3. The largest absolute Gasteiger partial charge is 0.465 e. The summed E-state index contributed by atoms with van der Waals surface area (Å²) in [4.78, 5) is 11.2. The summed E-state index contributed by atoms with van der Waals surface area (Å²) in [5.74, 6) is 0.160. The number of hydrogen-bond donors (Lipinski definition) is 0. The maximum Gasteiger partial charge on any atom is 0.308 e. The SMILES string of the molecule is COCCOCCOCCC(=O)OCC(C)C. The van der Waals surface area contributed by atoms with Crippen molar-refractivity contribution in [1.29, 1.82) is 0 Å². The second kappa shape index (κ2) is 11.8. The average Bonchev–Trinajstić information content (AvgIpc) is 2.30. The van der Waals surface area contributed by atoms with Gasteiger partial charge in [0, 0.05) is 7.11 Å². The molecular formula is C12H24O5. The predicted octanol–water partition coefficient (Wildman–Crippen LogP) is 1.26. The van der Waals surface area contributed by atoms with E-state index in [9.17, 15) is 4.79 Å². The summed E-state index contributed by atoms with van der Waals surface area (Å²) < 4.78 is 20.2. The lowest BCUT2D eigenvalue weighted by atomic mass is 10.2. The highest BCUT2D eigenvalue weighted by atomic mass is 16.5. The fraction of sp³-hybridized carbons (Fsp3) is 0.917. The molecule has 0 amide bonds. The van der Waals surface area contributed by atoms with Crippen molar-refractivity contribution in [3.63, 3.8) is 0 Å². The molecule has 0 heterocycles. The van der Waals surface area contributed by atoms with Gasteiger partial charge in [-0.1, -0.05) is 13.8 Å². The molecular weight excluding hydrogens is 224 g/mol. The summed E-state index contributed by atoms with van der Waals surface area (Å²) in [6.45, 7) is 7.01. The van der Waals surface area contributed by atoms with Crippen molar-refractivity contribution in [2.45, 2.75) is 20.3 Å². The molecule has 0 radical (unpaired) electrons. The second-order valence-electron chi connectivity index (χ2n) is 4.04. The molecule has 0 rings (SSSR count). The van der Waals surface area contributed by atoms with Crippen LogP contribution in [0.2, 0.25) is 0 Å². The molecule has 102 valence electrons. The van der Waals surface area contributed by atoms with Crippen molar-refractivity contribution in [2.24, 2.45) is 5.92 Å². The number of hydrogen-bond acceptors (Lipinski definition) is 5. The molecule has 0 saturated heterocycles. The molecule has 5 heteroatoms. The third-order valence-corrected chi connectivity index (χ3v) is 1.83. The average molecular weight is 248 g/mol. The zero-order chi connectivity index (χ0) is 12.9. The van der Waals surface area contributed by atoms with Gasteiger partial charge in [0.15, 0.2) is 0 Å². The Hall–Kier alpha value is -0.650. The number of esters is 1. The minimum atomic E-state index is -0.209. The van der Waals surface area contributed by atoms with Gasteiger partial charge in [-0.25, -0.2) is 0 Å². The molecule has 5 nitrogen and oxygen atoms in total. The zero-order valence-electron chi connectivity index (χ0n) is 11.1. The molecule has 0 spiro atoms. The third kappa shape index (κ3) is 13.3. The van der Waals surface area contributed by atoms with Crippen LogP contribution in [0.4, 0.5) is 0 Å². The molecule has 0 atom stereocenters. The minimum absolute atomic E-state index is 0.209. The van der Waals surface area contributed by atoms with Crippen molar-refractivity contribution >= 4 is 5.97 Å². The second-order valence-corrected chi connectivity index (χ2v) is 4.04. The van der Waals surface area contributed by atoms with Gasteiger partial charge in [-0.15, -0.1) is 0 Å². The first-order valence-corrected chi connectivity index (χ1v) is 5.97. The molecule has 0 N–H and O–H groups in total. The van der Waals surface area contributed by atoms with Crippen LogP contribution in [0.3, 0.4) is 0 Å². The number of carbonyl (C=O) groups is 1. The van der Waals surface area contributed by atoms with Gasteiger partial charge >= 0.3 is 5.97 Å². The Morgan fingerprint density at radius 1 is 1.00 bits per heavy atom. The van der Waals surface area contributed by atoms with Gasteiger partial charge in [0.2, 0.25) is 0 Å². The fourth-order valence-electron chi connectivity index (χ4n) is 0.952. The van der Waals surface area contributed by atoms with E-state index in [1.54, 1.807) is 7.11 Å². The topological polar surface area (TPSA) is 54.0 Å². The van der Waals surface area contributed by atoms with Crippen LogP contribution in [0.5, 0.6) is 0 Å². The molecule has 0 unspecified atom stereocenters. The Morgan fingerprint density at radius 2 is 1.59 bits per heavy atom. The molecule has 0 aromatic carbocycles. The molecule has 0 bridgehead atoms. The lowest BCUT2D eigenvalue weighted by Gasteiger charge is -2.07. The molecule has 0 fully saturated rings. The van der Waals surface area contributed by atoms with Crippen LogP contribution in [-0.2, 0) is 23.7 Å². The Kier molecular flexibility index (Phi) is 11.4. The maximum absolute atomic E-state index is 11.2. The van der Waals surface area contributed by atoms with E-state index in [4.69, 9.17) is 18.9 Å². The van der Waals surface area contributed by atoms with Gasteiger partial charge in [0.1, 0.15) is 0 Å². The number of carbonyl (C=O) groups excluding carboxylic acids is 1. The normalized spacial score (nSPS) is 10.8. The first-order chi connectivity index (χ1) is 8.16. The maximum atomic E-state index is 11.2. The number of methoxy groups -OCH3 is 1. The quantitative estimate of drug-likeness (QED) is 0.407. The number of ether oxygens (including phenoxy) is 4. The first kappa shape index (κ1) is 16.4. The Labute approximate surface area is 103 Å². The lowest BCUT2D eigenvalue weighted by Crippen LogP contribution is -2.14. The highest BCUT2D eigenvalue weighted by Crippen LogP contribution is 1.95. The van der Waals surface area contributed by atoms with Crippen molar-refractivity contribution in [2.75, 3.05) is 46.8 Å². The Bertz CT molecular complexity index is 182. The highest BCUT2D eigenvalue weighted by Gasteiger charge is 2.03. The van der Waals surface area contributed by atoms with Gasteiger partial charge in [0.05, 0.1) is 46.1 Å². The van der Waals surface area contributed by atoms with Crippen molar-refractivity contribution in [3.8, 4) is 0 Å². The van der Waals surface area contributed by atoms with E-state index in [0.717, 1.165) is 0 Å². The minimum Gasteiger partial charge on any atom is -0.465 e. The van der Waals surface area contributed by atoms with Gasteiger partial charge in [-0.05, 0) is 5.92 Å². The van der Waals surface area contributed by atoms with E-state index in [1.807, 2.05) is 13.8 Å². The molecule has 0 aliphatic rings. The summed E-state index contributed by atoms with van der Waals surface area (Å²) in [5.41, 5.74) is 0. The van der Waals surface area contributed by atoms with Gasteiger partial charge < -0.3 is 18.9 Å². The van der Waals surface area contributed by atoms with E-state index in [2.05, 4.69) is 0 Å².